The molecule has 0 heterocycles. The standard InChI is InChI=1S/C20H17Cl2FO2S/c21-18-6-3-14(9-19(18)22)17-11-20(7-8-20)10-16(17)13-1-4-15(5-2-13)26(24,25)12-23/h1-6,9H,7-8,10-12H2. The summed E-state index contributed by atoms with van der Waals surface area (Å²) in [7, 11) is -3.84. The minimum Gasteiger partial charge on any atom is -0.233 e. The van der Waals surface area contributed by atoms with Gasteiger partial charge in [0.1, 0.15) is 0 Å². The van der Waals surface area contributed by atoms with Crippen molar-refractivity contribution in [3.05, 3.63) is 63.6 Å². The zero-order chi connectivity index (χ0) is 18.5. The molecular weight excluding hydrogens is 394 g/mol. The van der Waals surface area contributed by atoms with Crippen molar-refractivity contribution in [1.82, 2.24) is 0 Å². The van der Waals surface area contributed by atoms with E-state index in [1.54, 1.807) is 18.2 Å². The molecule has 26 heavy (non-hydrogen) atoms. The molecule has 2 aliphatic rings. The maximum Gasteiger partial charge on any atom is 0.207 e. The number of alkyl halides is 1. The van der Waals surface area contributed by atoms with Gasteiger partial charge in [-0.25, -0.2) is 12.8 Å². The van der Waals surface area contributed by atoms with Crippen LogP contribution in [0.15, 0.2) is 47.4 Å². The predicted octanol–water partition coefficient (Wildman–Crippen LogP) is 6.18. The van der Waals surface area contributed by atoms with Gasteiger partial charge in [0.2, 0.25) is 9.84 Å². The van der Waals surface area contributed by atoms with E-state index in [0.29, 0.717) is 15.5 Å². The van der Waals surface area contributed by atoms with Crippen LogP contribution in [-0.2, 0) is 9.84 Å². The molecule has 0 atom stereocenters. The van der Waals surface area contributed by atoms with Gasteiger partial charge in [0, 0.05) is 0 Å². The summed E-state index contributed by atoms with van der Waals surface area (Å²) in [5, 5.41) is 1.05. The van der Waals surface area contributed by atoms with Crippen molar-refractivity contribution in [3.8, 4) is 0 Å². The Kier molecular flexibility index (Phi) is 4.41. The SMILES string of the molecule is O=S(=O)(CF)c1ccc(C2=C(c3ccc(Cl)c(Cl)c3)CC3(CC3)C2)cc1. The first kappa shape index (κ1) is 18.0. The number of sulfone groups is 1. The van der Waals surface area contributed by atoms with Crippen molar-refractivity contribution in [3.63, 3.8) is 0 Å². The van der Waals surface area contributed by atoms with Crippen molar-refractivity contribution >= 4 is 44.2 Å². The Morgan fingerprint density at radius 2 is 1.46 bits per heavy atom. The number of rotatable bonds is 4. The third-order valence-electron chi connectivity index (χ3n) is 5.40. The molecule has 0 aliphatic heterocycles. The fourth-order valence-electron chi connectivity index (χ4n) is 3.72. The summed E-state index contributed by atoms with van der Waals surface area (Å²) < 4.78 is 36.1. The van der Waals surface area contributed by atoms with E-state index >= 15 is 0 Å². The minimum absolute atomic E-state index is 0.0135. The molecule has 2 aliphatic carbocycles. The maximum atomic E-state index is 12.7. The molecule has 0 saturated heterocycles. The quantitative estimate of drug-likeness (QED) is 0.602. The number of allylic oxidation sites excluding steroid dienone is 2. The Balaban J connectivity index is 1.77. The number of hydrogen-bond acceptors (Lipinski definition) is 2. The van der Waals surface area contributed by atoms with E-state index in [1.165, 1.54) is 36.1 Å². The maximum absolute atomic E-state index is 12.7. The summed E-state index contributed by atoms with van der Waals surface area (Å²) in [6, 6.07) is 10.8. The van der Waals surface area contributed by atoms with Gasteiger partial charge in [-0.2, -0.15) is 0 Å². The largest absolute Gasteiger partial charge is 0.233 e. The predicted molar refractivity (Wildman–Crippen MR) is 104 cm³/mol. The van der Waals surface area contributed by atoms with Crippen LogP contribution in [0.3, 0.4) is 0 Å². The molecule has 4 rings (SSSR count). The van der Waals surface area contributed by atoms with E-state index in [0.717, 1.165) is 24.0 Å². The summed E-state index contributed by atoms with van der Waals surface area (Å²) in [6.07, 6.45) is 4.37. The Hall–Kier alpha value is -1.36. The van der Waals surface area contributed by atoms with E-state index in [4.69, 9.17) is 23.2 Å². The highest BCUT2D eigenvalue weighted by Crippen LogP contribution is 2.63. The lowest BCUT2D eigenvalue weighted by atomic mass is 9.97. The number of benzene rings is 2. The van der Waals surface area contributed by atoms with Crippen LogP contribution in [0, 0.1) is 5.41 Å². The molecule has 1 spiro atoms. The van der Waals surface area contributed by atoms with Crippen LogP contribution in [0.4, 0.5) is 4.39 Å². The first-order valence-electron chi connectivity index (χ1n) is 8.40. The fraction of sp³-hybridized carbons (Fsp3) is 0.300. The molecule has 0 amide bonds. The van der Waals surface area contributed by atoms with E-state index in [-0.39, 0.29) is 4.90 Å². The average Bonchev–Trinajstić information content (AvgIpc) is 3.28. The summed E-state index contributed by atoms with van der Waals surface area (Å²) >= 11 is 12.3. The van der Waals surface area contributed by atoms with Crippen LogP contribution in [0.1, 0.15) is 36.8 Å². The Bertz CT molecular complexity index is 1010. The molecule has 0 unspecified atom stereocenters. The fourth-order valence-corrected chi connectivity index (χ4v) is 4.69. The van der Waals surface area contributed by atoms with Crippen molar-refractivity contribution in [2.45, 2.75) is 30.6 Å². The van der Waals surface area contributed by atoms with Gasteiger partial charge in [-0.1, -0.05) is 41.4 Å². The average molecular weight is 411 g/mol. The summed E-state index contributed by atoms with van der Waals surface area (Å²) in [6.45, 7) is 0. The number of hydrogen-bond donors (Lipinski definition) is 0. The van der Waals surface area contributed by atoms with Gasteiger partial charge in [0.25, 0.3) is 0 Å². The molecule has 0 bridgehead atoms. The Morgan fingerprint density at radius 3 is 2.00 bits per heavy atom. The third kappa shape index (κ3) is 3.19. The molecular formula is C20H17Cl2FO2S. The lowest BCUT2D eigenvalue weighted by Crippen LogP contribution is -2.02. The molecule has 2 aromatic carbocycles. The van der Waals surface area contributed by atoms with Crippen LogP contribution in [0.5, 0.6) is 0 Å². The molecule has 1 fully saturated rings. The molecule has 2 aromatic rings. The lowest BCUT2D eigenvalue weighted by molar-refractivity contribution is 0.534. The van der Waals surface area contributed by atoms with Gasteiger partial charge in [-0.15, -0.1) is 0 Å². The molecule has 2 nitrogen and oxygen atoms in total. The van der Waals surface area contributed by atoms with Crippen LogP contribution in [-0.4, -0.2) is 14.4 Å². The number of halogens is 3. The van der Waals surface area contributed by atoms with Gasteiger partial charge < -0.3 is 0 Å². The topological polar surface area (TPSA) is 34.1 Å². The van der Waals surface area contributed by atoms with Gasteiger partial charge in [-0.05, 0) is 77.6 Å². The summed E-state index contributed by atoms with van der Waals surface area (Å²) in [5.74, 6) is 0. The van der Waals surface area contributed by atoms with Crippen LogP contribution < -0.4 is 0 Å². The first-order chi connectivity index (χ1) is 12.3. The van der Waals surface area contributed by atoms with Crippen molar-refractivity contribution in [1.29, 1.82) is 0 Å². The Morgan fingerprint density at radius 1 is 0.885 bits per heavy atom. The molecule has 0 N–H and O–H groups in total. The van der Waals surface area contributed by atoms with Gasteiger partial charge >= 0.3 is 0 Å². The zero-order valence-corrected chi connectivity index (χ0v) is 16.3. The third-order valence-corrected chi connectivity index (χ3v) is 7.42. The van der Waals surface area contributed by atoms with E-state index in [2.05, 4.69) is 0 Å². The van der Waals surface area contributed by atoms with Gasteiger partial charge in [0.05, 0.1) is 14.9 Å². The summed E-state index contributed by atoms with van der Waals surface area (Å²) in [4.78, 5) is 0.0135. The second kappa shape index (κ2) is 6.36. The van der Waals surface area contributed by atoms with Crippen LogP contribution in [0.25, 0.3) is 11.1 Å². The molecule has 136 valence electrons. The van der Waals surface area contributed by atoms with E-state index < -0.39 is 15.8 Å². The highest BCUT2D eigenvalue weighted by Gasteiger charge is 2.48. The lowest BCUT2D eigenvalue weighted by Gasteiger charge is -2.10. The monoisotopic (exact) mass is 410 g/mol. The van der Waals surface area contributed by atoms with Crippen molar-refractivity contribution in [2.24, 2.45) is 5.41 Å². The van der Waals surface area contributed by atoms with Crippen LogP contribution in [0.2, 0.25) is 10.0 Å². The molecule has 0 aromatic heterocycles. The van der Waals surface area contributed by atoms with Crippen LogP contribution >= 0.6 is 23.2 Å². The van der Waals surface area contributed by atoms with E-state index in [1.807, 2.05) is 12.1 Å². The molecule has 6 heteroatoms. The second-order valence-corrected chi connectivity index (χ2v) is 9.92. The van der Waals surface area contributed by atoms with Crippen molar-refractivity contribution in [2.75, 3.05) is 6.01 Å². The highest BCUT2D eigenvalue weighted by molar-refractivity contribution is 7.91. The van der Waals surface area contributed by atoms with Crippen molar-refractivity contribution < 1.29 is 12.8 Å². The minimum atomic E-state index is -3.84. The molecule has 1 saturated carbocycles. The normalized spacial score (nSPS) is 18.6. The van der Waals surface area contributed by atoms with Gasteiger partial charge in [-0.3, -0.25) is 0 Å². The smallest absolute Gasteiger partial charge is 0.207 e. The van der Waals surface area contributed by atoms with E-state index in [9.17, 15) is 12.8 Å². The summed E-state index contributed by atoms with van der Waals surface area (Å²) in [5.41, 5.74) is 4.82. The Labute approximate surface area is 162 Å². The highest BCUT2D eigenvalue weighted by atomic mass is 35.5. The second-order valence-electron chi connectivity index (χ2n) is 7.19. The van der Waals surface area contributed by atoms with Gasteiger partial charge in [0.15, 0.2) is 6.01 Å². The zero-order valence-electron chi connectivity index (χ0n) is 13.9. The molecule has 0 radical (unpaired) electrons. The first-order valence-corrected chi connectivity index (χ1v) is 10.8.